The van der Waals surface area contributed by atoms with Crippen LogP contribution in [0.3, 0.4) is 0 Å². The first-order valence-corrected chi connectivity index (χ1v) is 11.2. The van der Waals surface area contributed by atoms with Crippen molar-refractivity contribution in [3.8, 4) is 0 Å². The molecule has 4 atom stereocenters. The number of rotatable bonds is 6. The zero-order chi connectivity index (χ0) is 24.1. The van der Waals surface area contributed by atoms with E-state index in [4.69, 9.17) is 4.74 Å². The first-order valence-electron chi connectivity index (χ1n) is 11.2. The fourth-order valence-electron chi connectivity index (χ4n) is 5.71. The molecule has 9 heteroatoms. The summed E-state index contributed by atoms with van der Waals surface area (Å²) in [6, 6.07) is 10.1. The van der Waals surface area contributed by atoms with Gasteiger partial charge < -0.3 is 4.74 Å². The number of fused-ring (bicyclic) bond motifs is 5. The van der Waals surface area contributed by atoms with Crippen molar-refractivity contribution in [2.45, 2.75) is 26.2 Å². The lowest BCUT2D eigenvalue weighted by molar-refractivity contribution is -0.385. The highest BCUT2D eigenvalue weighted by molar-refractivity contribution is 6.22. The van der Waals surface area contributed by atoms with Crippen molar-refractivity contribution in [1.82, 2.24) is 0 Å². The van der Waals surface area contributed by atoms with E-state index in [-0.39, 0.29) is 52.3 Å². The number of amides is 2. The number of ketones is 1. The van der Waals surface area contributed by atoms with Crippen LogP contribution in [0.25, 0.3) is 0 Å². The number of Topliss-reactive ketones (excluding diaryl/α,β-unsaturated/α-hetero) is 1. The quantitative estimate of drug-likeness (QED) is 0.212. The predicted molar refractivity (Wildman–Crippen MR) is 119 cm³/mol. The molecule has 1 heterocycles. The molecule has 0 radical (unpaired) electrons. The van der Waals surface area contributed by atoms with Crippen molar-refractivity contribution in [1.29, 1.82) is 0 Å². The Labute approximate surface area is 194 Å². The van der Waals surface area contributed by atoms with E-state index < -0.39 is 23.3 Å². The van der Waals surface area contributed by atoms with Crippen LogP contribution in [0.15, 0.2) is 42.5 Å². The minimum absolute atomic E-state index is 0.0632. The average Bonchev–Trinajstić information content (AvgIpc) is 3.51. The van der Waals surface area contributed by atoms with Crippen molar-refractivity contribution in [2.75, 3.05) is 11.5 Å². The van der Waals surface area contributed by atoms with E-state index in [1.165, 1.54) is 29.2 Å². The van der Waals surface area contributed by atoms with Crippen LogP contribution in [0.1, 0.15) is 45.5 Å². The molecule has 2 aromatic carbocycles. The lowest BCUT2D eigenvalue weighted by Crippen LogP contribution is -2.32. The molecule has 5 rings (SSSR count). The Kier molecular flexibility index (Phi) is 5.27. The van der Waals surface area contributed by atoms with Gasteiger partial charge in [-0.3, -0.25) is 29.4 Å². The minimum atomic E-state index is -0.795. The molecule has 0 spiro atoms. The second-order valence-electron chi connectivity index (χ2n) is 9.20. The van der Waals surface area contributed by atoms with E-state index in [2.05, 4.69) is 0 Å². The zero-order valence-corrected chi connectivity index (χ0v) is 18.4. The number of anilines is 1. The predicted octanol–water partition coefficient (Wildman–Crippen LogP) is 3.48. The van der Waals surface area contributed by atoms with Gasteiger partial charge in [0, 0.05) is 17.2 Å². The number of nitro groups is 1. The fourth-order valence-corrected chi connectivity index (χ4v) is 5.71. The Morgan fingerprint density at radius 3 is 2.35 bits per heavy atom. The van der Waals surface area contributed by atoms with E-state index >= 15 is 0 Å². The lowest BCUT2D eigenvalue weighted by atomic mass is 9.81. The number of nitrogens with zero attached hydrogens (tertiary/aromatic N) is 2. The van der Waals surface area contributed by atoms with Crippen molar-refractivity contribution in [2.24, 2.45) is 23.7 Å². The average molecular weight is 462 g/mol. The van der Waals surface area contributed by atoms with Crippen LogP contribution in [0, 0.1) is 40.7 Å². The lowest BCUT2D eigenvalue weighted by Gasteiger charge is -2.19. The standard InChI is InChI=1S/C25H22N2O7/c1-13-5-6-14(11-19(13)27(32)33)20(28)12-34-25(31)17-3-2-4-18(10-17)26-23(29)21-15-7-8-16(9-15)22(21)24(26)30/h2-6,10-11,15-16,21-22H,7-9,12H2,1H3/t15-,16-,21-,22+/m0/s1. The zero-order valence-electron chi connectivity index (χ0n) is 18.4. The fraction of sp³-hybridized carbons (Fsp3) is 0.360. The highest BCUT2D eigenvalue weighted by Gasteiger charge is 2.61. The number of nitro benzene ring substituents is 1. The van der Waals surface area contributed by atoms with E-state index in [1.807, 2.05) is 0 Å². The maximum absolute atomic E-state index is 13.0. The summed E-state index contributed by atoms with van der Waals surface area (Å²) in [5.74, 6) is -1.80. The first-order chi connectivity index (χ1) is 16.3. The molecule has 2 amide bonds. The highest BCUT2D eigenvalue weighted by atomic mass is 16.6. The number of hydrogen-bond acceptors (Lipinski definition) is 7. The van der Waals surface area contributed by atoms with Crippen molar-refractivity contribution in [3.63, 3.8) is 0 Å². The number of carbonyl (C=O) groups excluding carboxylic acids is 4. The molecule has 3 aliphatic rings. The van der Waals surface area contributed by atoms with Crippen LogP contribution in [0.5, 0.6) is 0 Å². The summed E-state index contributed by atoms with van der Waals surface area (Å²) in [5.41, 5.74) is 0.703. The first kappa shape index (κ1) is 21.9. The summed E-state index contributed by atoms with van der Waals surface area (Å²) in [6.07, 6.45) is 2.89. The number of carbonyl (C=O) groups is 4. The molecule has 0 unspecified atom stereocenters. The number of aryl methyl sites for hydroxylation is 1. The maximum atomic E-state index is 13.0. The Balaban J connectivity index is 1.29. The number of benzene rings is 2. The smallest absolute Gasteiger partial charge is 0.338 e. The molecule has 2 aliphatic carbocycles. The van der Waals surface area contributed by atoms with Crippen LogP contribution >= 0.6 is 0 Å². The van der Waals surface area contributed by atoms with Gasteiger partial charge in [-0.2, -0.15) is 0 Å². The van der Waals surface area contributed by atoms with Crippen LogP contribution in [0.2, 0.25) is 0 Å². The number of ether oxygens (including phenoxy) is 1. The van der Waals surface area contributed by atoms with Gasteiger partial charge in [-0.25, -0.2) is 4.79 Å². The molecule has 3 fully saturated rings. The van der Waals surface area contributed by atoms with Gasteiger partial charge in [0.05, 0.1) is 28.0 Å². The van der Waals surface area contributed by atoms with Gasteiger partial charge in [0.1, 0.15) is 0 Å². The van der Waals surface area contributed by atoms with E-state index in [1.54, 1.807) is 19.1 Å². The summed E-state index contributed by atoms with van der Waals surface area (Å²) < 4.78 is 5.12. The molecular formula is C25H22N2O7. The summed E-state index contributed by atoms with van der Waals surface area (Å²) in [7, 11) is 0. The normalized spacial score (nSPS) is 24.9. The molecule has 9 nitrogen and oxygen atoms in total. The van der Waals surface area contributed by atoms with E-state index in [0.717, 1.165) is 25.3 Å². The third-order valence-electron chi connectivity index (χ3n) is 7.33. The Morgan fingerprint density at radius 2 is 1.71 bits per heavy atom. The van der Waals surface area contributed by atoms with Crippen LogP contribution in [0.4, 0.5) is 11.4 Å². The molecule has 0 aromatic heterocycles. The topological polar surface area (TPSA) is 124 Å². The molecule has 2 saturated carbocycles. The second kappa shape index (κ2) is 8.16. The molecule has 2 bridgehead atoms. The molecule has 1 aliphatic heterocycles. The minimum Gasteiger partial charge on any atom is -0.454 e. The SMILES string of the molecule is Cc1ccc(C(=O)COC(=O)c2cccc(N3C(=O)[C@@H]4[C@H]5CC[C@@H](C5)[C@@H]4C3=O)c2)cc1[N+](=O)[O-]. The van der Waals surface area contributed by atoms with Gasteiger partial charge in [-0.05, 0) is 56.2 Å². The summed E-state index contributed by atoms with van der Waals surface area (Å²) in [5, 5.41) is 11.1. The summed E-state index contributed by atoms with van der Waals surface area (Å²) >= 11 is 0. The van der Waals surface area contributed by atoms with Crippen molar-refractivity contribution >= 4 is 34.9 Å². The van der Waals surface area contributed by atoms with Crippen molar-refractivity contribution < 1.29 is 28.8 Å². The van der Waals surface area contributed by atoms with E-state index in [0.29, 0.717) is 11.3 Å². The summed E-state index contributed by atoms with van der Waals surface area (Å²) in [4.78, 5) is 62.8. The van der Waals surface area contributed by atoms with Crippen molar-refractivity contribution in [3.05, 3.63) is 69.3 Å². The molecule has 1 saturated heterocycles. The molecule has 0 N–H and O–H groups in total. The molecule has 34 heavy (non-hydrogen) atoms. The monoisotopic (exact) mass is 462 g/mol. The molecule has 2 aromatic rings. The van der Waals surface area contributed by atoms with Gasteiger partial charge in [0.15, 0.2) is 6.61 Å². The van der Waals surface area contributed by atoms with Crippen LogP contribution < -0.4 is 4.90 Å². The Morgan fingerprint density at radius 1 is 1.03 bits per heavy atom. The summed E-state index contributed by atoms with van der Waals surface area (Å²) in [6.45, 7) is 0.964. The van der Waals surface area contributed by atoms with Gasteiger partial charge in [0.25, 0.3) is 5.69 Å². The van der Waals surface area contributed by atoms with Gasteiger partial charge in [-0.15, -0.1) is 0 Å². The number of esters is 1. The molecular weight excluding hydrogens is 440 g/mol. The van der Waals surface area contributed by atoms with Gasteiger partial charge in [-0.1, -0.05) is 18.2 Å². The van der Waals surface area contributed by atoms with E-state index in [9.17, 15) is 29.3 Å². The number of imide groups is 1. The Bertz CT molecular complexity index is 1230. The van der Waals surface area contributed by atoms with Gasteiger partial charge in [0.2, 0.25) is 17.6 Å². The van der Waals surface area contributed by atoms with Crippen LogP contribution in [-0.4, -0.2) is 35.1 Å². The maximum Gasteiger partial charge on any atom is 0.338 e. The molecule has 174 valence electrons. The second-order valence-corrected chi connectivity index (χ2v) is 9.20. The third-order valence-corrected chi connectivity index (χ3v) is 7.33. The van der Waals surface area contributed by atoms with Gasteiger partial charge >= 0.3 is 5.97 Å². The number of hydrogen-bond donors (Lipinski definition) is 0. The Hall–Kier alpha value is -3.88. The third kappa shape index (κ3) is 3.48. The highest BCUT2D eigenvalue weighted by Crippen LogP contribution is 2.56. The largest absolute Gasteiger partial charge is 0.454 e. The van der Waals surface area contributed by atoms with Crippen LogP contribution in [-0.2, 0) is 14.3 Å².